The van der Waals surface area contributed by atoms with Crippen molar-refractivity contribution in [3.63, 3.8) is 0 Å². The van der Waals surface area contributed by atoms with Crippen LogP contribution in [-0.4, -0.2) is 42.8 Å². The molecule has 5 nitrogen and oxygen atoms in total. The van der Waals surface area contributed by atoms with E-state index in [2.05, 4.69) is 11.7 Å². The van der Waals surface area contributed by atoms with Crippen molar-refractivity contribution in [3.05, 3.63) is 35.4 Å². The number of aliphatic hydroxyl groups is 2. The molecule has 1 rings (SSSR count). The van der Waals surface area contributed by atoms with Crippen LogP contribution in [0.15, 0.2) is 24.3 Å². The fourth-order valence-electron chi connectivity index (χ4n) is 1.94. The molecule has 22 heavy (non-hydrogen) atoms. The Morgan fingerprint density at radius 3 is 2.09 bits per heavy atom. The number of hydrogen-bond donors (Lipinski definition) is 2. The molecule has 126 valence electrons. The number of benzene rings is 1. The first-order valence-electron chi connectivity index (χ1n) is 7.69. The van der Waals surface area contributed by atoms with Crippen molar-refractivity contribution in [2.24, 2.45) is 0 Å². The molecular weight excluding hydrogens is 284 g/mol. The number of rotatable bonds is 9. The van der Waals surface area contributed by atoms with Crippen LogP contribution in [-0.2, 0) is 20.7 Å². The van der Waals surface area contributed by atoms with E-state index in [9.17, 15) is 15.0 Å². The molecule has 0 aromatic heterocycles. The van der Waals surface area contributed by atoms with Crippen molar-refractivity contribution in [1.82, 2.24) is 0 Å². The monoisotopic (exact) mass is 312 g/mol. The smallest absolute Gasteiger partial charge is 0.295 e. The summed E-state index contributed by atoms with van der Waals surface area (Å²) < 4.78 is 9.28. The molecule has 0 fully saturated rings. The Kier molecular flexibility index (Phi) is 12.4. The fourth-order valence-corrected chi connectivity index (χ4v) is 1.94. The summed E-state index contributed by atoms with van der Waals surface area (Å²) in [5, 5.41) is 18.7. The molecular formula is C17H28O5. The third kappa shape index (κ3) is 8.12. The predicted octanol–water partition coefficient (Wildman–Crippen LogP) is 2.25. The second kappa shape index (κ2) is 13.2. The molecule has 2 unspecified atom stereocenters. The van der Waals surface area contributed by atoms with Crippen molar-refractivity contribution in [2.75, 3.05) is 19.8 Å². The zero-order valence-electron chi connectivity index (χ0n) is 13.7. The molecule has 0 aliphatic heterocycles. The zero-order valence-corrected chi connectivity index (χ0v) is 13.7. The van der Waals surface area contributed by atoms with E-state index in [0.717, 1.165) is 31.6 Å². The lowest BCUT2D eigenvalue weighted by Crippen LogP contribution is -2.24. The number of aliphatic hydroxyl groups excluding tert-OH is 2. The van der Waals surface area contributed by atoms with Crippen molar-refractivity contribution in [1.29, 1.82) is 0 Å². The van der Waals surface area contributed by atoms with Gasteiger partial charge in [-0.25, -0.2) is 0 Å². The molecule has 1 aromatic carbocycles. The summed E-state index contributed by atoms with van der Waals surface area (Å²) in [6, 6.07) is 7.58. The van der Waals surface area contributed by atoms with Crippen LogP contribution in [0.5, 0.6) is 0 Å². The lowest BCUT2D eigenvalue weighted by molar-refractivity contribution is -0.157. The molecule has 2 atom stereocenters. The maximum absolute atomic E-state index is 10.1. The SMILES string of the molecule is CCCc1ccc(C(CO)C(O)OC=O)cc1.CCOCC. The van der Waals surface area contributed by atoms with Crippen LogP contribution in [0.2, 0.25) is 0 Å². The van der Waals surface area contributed by atoms with E-state index in [4.69, 9.17) is 4.74 Å². The van der Waals surface area contributed by atoms with E-state index in [1.165, 1.54) is 5.56 Å². The summed E-state index contributed by atoms with van der Waals surface area (Å²) in [4.78, 5) is 10.1. The Bertz CT molecular complexity index is 375. The molecule has 0 heterocycles. The maximum Gasteiger partial charge on any atom is 0.295 e. The van der Waals surface area contributed by atoms with Gasteiger partial charge in [-0.3, -0.25) is 4.79 Å². The second-order valence-electron chi connectivity index (χ2n) is 4.68. The van der Waals surface area contributed by atoms with Crippen molar-refractivity contribution >= 4 is 6.47 Å². The Labute approximate surface area is 132 Å². The zero-order chi connectivity index (χ0) is 16.8. The number of carbonyl (C=O) groups is 1. The van der Waals surface area contributed by atoms with E-state index in [-0.39, 0.29) is 13.1 Å². The summed E-state index contributed by atoms with van der Waals surface area (Å²) in [5.41, 5.74) is 1.96. The summed E-state index contributed by atoms with van der Waals surface area (Å²) >= 11 is 0. The fraction of sp³-hybridized carbons (Fsp3) is 0.588. The second-order valence-corrected chi connectivity index (χ2v) is 4.68. The Morgan fingerprint density at radius 2 is 1.73 bits per heavy atom. The first-order valence-corrected chi connectivity index (χ1v) is 7.69. The Hall–Kier alpha value is -1.43. The minimum Gasteiger partial charge on any atom is -0.437 e. The van der Waals surface area contributed by atoms with E-state index >= 15 is 0 Å². The van der Waals surface area contributed by atoms with Crippen LogP contribution in [0.1, 0.15) is 44.2 Å². The molecule has 0 aliphatic rings. The van der Waals surface area contributed by atoms with Crippen molar-refractivity contribution in [3.8, 4) is 0 Å². The van der Waals surface area contributed by atoms with Gasteiger partial charge in [0.2, 0.25) is 6.29 Å². The van der Waals surface area contributed by atoms with Gasteiger partial charge >= 0.3 is 0 Å². The lowest BCUT2D eigenvalue weighted by Gasteiger charge is -2.19. The Balaban J connectivity index is 0.000000763. The highest BCUT2D eigenvalue weighted by molar-refractivity contribution is 5.37. The van der Waals surface area contributed by atoms with E-state index < -0.39 is 12.2 Å². The van der Waals surface area contributed by atoms with Crippen LogP contribution in [0.25, 0.3) is 0 Å². The standard InChI is InChI=1S/C13H18O4.C4H10O/c1-2-3-10-4-6-11(7-5-10)12(8-14)13(16)17-9-15;1-3-5-4-2/h4-7,9,12-14,16H,2-3,8H2,1H3;3-4H2,1-2H3. The van der Waals surface area contributed by atoms with Gasteiger partial charge in [0.1, 0.15) is 0 Å². The molecule has 0 amide bonds. The van der Waals surface area contributed by atoms with Gasteiger partial charge < -0.3 is 19.7 Å². The quantitative estimate of drug-likeness (QED) is 0.540. The number of carbonyl (C=O) groups excluding carboxylic acids is 1. The van der Waals surface area contributed by atoms with Crippen LogP contribution in [0.3, 0.4) is 0 Å². The van der Waals surface area contributed by atoms with E-state index in [0.29, 0.717) is 0 Å². The topological polar surface area (TPSA) is 76.0 Å². The average molecular weight is 312 g/mol. The largest absolute Gasteiger partial charge is 0.437 e. The highest BCUT2D eigenvalue weighted by Gasteiger charge is 2.21. The van der Waals surface area contributed by atoms with Crippen molar-refractivity contribution < 1.29 is 24.5 Å². The van der Waals surface area contributed by atoms with E-state index in [1.54, 1.807) is 0 Å². The third-order valence-corrected chi connectivity index (χ3v) is 3.09. The van der Waals surface area contributed by atoms with Gasteiger partial charge in [0, 0.05) is 13.2 Å². The van der Waals surface area contributed by atoms with Crippen LogP contribution >= 0.6 is 0 Å². The molecule has 0 spiro atoms. The van der Waals surface area contributed by atoms with Crippen molar-refractivity contribution in [2.45, 2.75) is 45.8 Å². The van der Waals surface area contributed by atoms with Gasteiger partial charge in [-0.05, 0) is 31.4 Å². The van der Waals surface area contributed by atoms with Crippen LogP contribution < -0.4 is 0 Å². The van der Waals surface area contributed by atoms with Gasteiger partial charge in [-0.15, -0.1) is 0 Å². The van der Waals surface area contributed by atoms with Gasteiger partial charge in [0.05, 0.1) is 12.5 Å². The van der Waals surface area contributed by atoms with Gasteiger partial charge in [0.25, 0.3) is 6.47 Å². The van der Waals surface area contributed by atoms with Crippen LogP contribution in [0.4, 0.5) is 0 Å². The highest BCUT2D eigenvalue weighted by Crippen LogP contribution is 2.20. The van der Waals surface area contributed by atoms with Gasteiger partial charge in [0.15, 0.2) is 0 Å². The predicted molar refractivity (Wildman–Crippen MR) is 85.6 cm³/mol. The number of ether oxygens (including phenoxy) is 2. The lowest BCUT2D eigenvalue weighted by atomic mass is 9.97. The van der Waals surface area contributed by atoms with Gasteiger partial charge in [-0.1, -0.05) is 37.6 Å². The molecule has 1 aromatic rings. The Morgan fingerprint density at radius 1 is 1.14 bits per heavy atom. The number of aryl methyl sites for hydroxylation is 1. The molecule has 0 aliphatic carbocycles. The first kappa shape index (κ1) is 20.6. The molecule has 0 saturated heterocycles. The highest BCUT2D eigenvalue weighted by atomic mass is 16.6. The molecule has 2 N–H and O–H groups in total. The molecule has 0 radical (unpaired) electrons. The normalized spacial score (nSPS) is 12.8. The summed E-state index contributed by atoms with van der Waals surface area (Å²) in [6.45, 7) is 7.67. The molecule has 0 bridgehead atoms. The summed E-state index contributed by atoms with van der Waals surface area (Å²) in [5.74, 6) is -0.601. The van der Waals surface area contributed by atoms with E-state index in [1.807, 2.05) is 38.1 Å². The van der Waals surface area contributed by atoms with Crippen LogP contribution in [0, 0.1) is 0 Å². The summed E-state index contributed by atoms with van der Waals surface area (Å²) in [7, 11) is 0. The first-order chi connectivity index (χ1) is 10.6. The minimum absolute atomic E-state index is 0.179. The average Bonchev–Trinajstić information content (AvgIpc) is 2.52. The number of hydrogen-bond acceptors (Lipinski definition) is 5. The molecule has 0 saturated carbocycles. The maximum atomic E-state index is 10.1. The summed E-state index contributed by atoms with van der Waals surface area (Å²) in [6.07, 6.45) is 0.756. The third-order valence-electron chi connectivity index (χ3n) is 3.09. The van der Waals surface area contributed by atoms with Gasteiger partial charge in [-0.2, -0.15) is 0 Å². The molecule has 5 heteroatoms. The minimum atomic E-state index is -1.31.